The fourth-order valence-electron chi connectivity index (χ4n) is 3.41. The summed E-state index contributed by atoms with van der Waals surface area (Å²) in [6, 6.07) is 16.2. The molecule has 0 N–H and O–H groups in total. The Morgan fingerprint density at radius 2 is 1.79 bits per heavy atom. The zero-order valence-electron chi connectivity index (χ0n) is 16.4. The van der Waals surface area contributed by atoms with Gasteiger partial charge in [-0.1, -0.05) is 48.5 Å². The summed E-state index contributed by atoms with van der Waals surface area (Å²) < 4.78 is 7.03. The number of carbonyl (C=O) groups is 1. The van der Waals surface area contributed by atoms with Gasteiger partial charge >= 0.3 is 5.97 Å². The van der Waals surface area contributed by atoms with Gasteiger partial charge in [0.05, 0.1) is 18.2 Å². The van der Waals surface area contributed by atoms with Crippen molar-refractivity contribution in [3.8, 4) is 22.3 Å². The molecule has 0 aliphatic rings. The second kappa shape index (κ2) is 8.37. The minimum absolute atomic E-state index is 0.289. The number of ether oxygens (including phenoxy) is 1. The Balaban J connectivity index is 2.17. The first-order valence-electron chi connectivity index (χ1n) is 9.01. The predicted octanol–water partition coefficient (Wildman–Crippen LogP) is 6.12. The Morgan fingerprint density at radius 3 is 2.36 bits per heavy atom. The van der Waals surface area contributed by atoms with E-state index in [0.29, 0.717) is 16.9 Å². The number of aryl methyl sites for hydroxylation is 1. The van der Waals surface area contributed by atoms with Crippen LogP contribution < -0.4 is 0 Å². The number of hydrogen-bond donors (Lipinski definition) is 0. The fraction of sp³-hybridized carbons (Fsp3) is 0.217. The first kappa shape index (κ1) is 19.8. The van der Waals surface area contributed by atoms with E-state index in [1.807, 2.05) is 42.7 Å². The molecular formula is C23H22N2O2S. The van der Waals surface area contributed by atoms with Crippen molar-refractivity contribution in [2.24, 2.45) is 7.05 Å². The average Bonchev–Trinajstić information content (AvgIpc) is 3.00. The van der Waals surface area contributed by atoms with E-state index in [4.69, 9.17) is 11.3 Å². The van der Waals surface area contributed by atoms with E-state index < -0.39 is 5.97 Å². The number of carbonyl (C=O) groups excluding carboxylic acids is 1. The third-order valence-electron chi connectivity index (χ3n) is 4.72. The lowest BCUT2D eigenvalue weighted by Gasteiger charge is -2.10. The molecular weight excluding hydrogens is 368 g/mol. The van der Waals surface area contributed by atoms with E-state index in [1.54, 1.807) is 18.5 Å². The molecule has 0 atom stereocenters. The number of thioether (sulfide) groups is 1. The summed E-state index contributed by atoms with van der Waals surface area (Å²) in [5, 5.41) is 0.760. The van der Waals surface area contributed by atoms with Crippen LogP contribution in [0.3, 0.4) is 0 Å². The second-order valence-corrected chi connectivity index (χ2v) is 7.16. The summed E-state index contributed by atoms with van der Waals surface area (Å²) in [7, 11) is 1.80. The van der Waals surface area contributed by atoms with E-state index in [-0.39, 0.29) is 6.61 Å². The van der Waals surface area contributed by atoms with E-state index >= 15 is 0 Å². The molecule has 3 rings (SSSR count). The Labute approximate surface area is 170 Å². The molecule has 28 heavy (non-hydrogen) atoms. The van der Waals surface area contributed by atoms with Crippen molar-refractivity contribution in [1.29, 1.82) is 0 Å². The van der Waals surface area contributed by atoms with E-state index in [9.17, 15) is 4.79 Å². The van der Waals surface area contributed by atoms with Crippen LogP contribution in [-0.4, -0.2) is 23.4 Å². The van der Waals surface area contributed by atoms with Crippen molar-refractivity contribution in [3.05, 3.63) is 71.2 Å². The molecule has 142 valence electrons. The first-order valence-corrected chi connectivity index (χ1v) is 10.2. The molecule has 4 nitrogen and oxygen atoms in total. The van der Waals surface area contributed by atoms with Crippen LogP contribution in [0.15, 0.2) is 53.6 Å². The van der Waals surface area contributed by atoms with Crippen LogP contribution in [0.5, 0.6) is 0 Å². The normalized spacial score (nSPS) is 10.5. The van der Waals surface area contributed by atoms with Crippen LogP contribution in [-0.2, 0) is 11.8 Å². The van der Waals surface area contributed by atoms with Crippen molar-refractivity contribution in [2.45, 2.75) is 18.9 Å². The Morgan fingerprint density at radius 1 is 1.14 bits per heavy atom. The maximum absolute atomic E-state index is 12.6. The maximum Gasteiger partial charge on any atom is 0.354 e. The monoisotopic (exact) mass is 390 g/mol. The molecule has 0 saturated carbocycles. The van der Waals surface area contributed by atoms with Gasteiger partial charge in [0.25, 0.3) is 0 Å². The highest BCUT2D eigenvalue weighted by Gasteiger charge is 2.27. The van der Waals surface area contributed by atoms with Crippen LogP contribution >= 0.6 is 11.8 Å². The van der Waals surface area contributed by atoms with Crippen molar-refractivity contribution < 1.29 is 9.53 Å². The molecule has 0 aliphatic heterocycles. The lowest BCUT2D eigenvalue weighted by molar-refractivity contribution is 0.0515. The molecule has 0 fully saturated rings. The molecule has 0 aliphatic carbocycles. The highest BCUT2D eigenvalue weighted by atomic mass is 32.2. The van der Waals surface area contributed by atoms with Crippen LogP contribution in [0, 0.1) is 13.5 Å². The van der Waals surface area contributed by atoms with Gasteiger partial charge < -0.3 is 9.30 Å². The highest BCUT2D eigenvalue weighted by molar-refractivity contribution is 7.98. The number of aromatic nitrogens is 1. The summed E-state index contributed by atoms with van der Waals surface area (Å²) >= 11 is 1.46. The van der Waals surface area contributed by atoms with Gasteiger partial charge in [-0.25, -0.2) is 9.64 Å². The summed E-state index contributed by atoms with van der Waals surface area (Å²) in [5.41, 5.74) is 5.85. The van der Waals surface area contributed by atoms with Gasteiger partial charge in [0.2, 0.25) is 5.69 Å². The molecule has 1 aromatic heterocycles. The smallest absolute Gasteiger partial charge is 0.354 e. The first-order chi connectivity index (χ1) is 13.5. The fourth-order valence-corrected chi connectivity index (χ4v) is 4.12. The van der Waals surface area contributed by atoms with Gasteiger partial charge in [-0.2, -0.15) is 0 Å². The van der Waals surface area contributed by atoms with Gasteiger partial charge in [0.15, 0.2) is 0 Å². The van der Waals surface area contributed by atoms with Crippen LogP contribution in [0.2, 0.25) is 0 Å². The van der Waals surface area contributed by atoms with Crippen molar-refractivity contribution in [1.82, 2.24) is 4.57 Å². The van der Waals surface area contributed by atoms with Gasteiger partial charge in [0, 0.05) is 12.6 Å². The third kappa shape index (κ3) is 3.44. The Bertz CT molecular complexity index is 1060. The molecule has 0 radical (unpaired) electrons. The van der Waals surface area contributed by atoms with Gasteiger partial charge in [0.1, 0.15) is 5.69 Å². The molecule has 0 amide bonds. The molecule has 5 heteroatoms. The minimum atomic E-state index is -0.409. The quantitative estimate of drug-likeness (QED) is 0.299. The van der Waals surface area contributed by atoms with Gasteiger partial charge in [-0.15, -0.1) is 11.8 Å². The van der Waals surface area contributed by atoms with E-state index in [1.165, 1.54) is 22.9 Å². The number of benzene rings is 2. The van der Waals surface area contributed by atoms with Crippen molar-refractivity contribution in [2.75, 3.05) is 12.9 Å². The second-order valence-electron chi connectivity index (χ2n) is 6.37. The van der Waals surface area contributed by atoms with Crippen LogP contribution in [0.25, 0.3) is 27.1 Å². The molecule has 1 heterocycles. The average molecular weight is 391 g/mol. The molecule has 2 aromatic carbocycles. The molecule has 0 bridgehead atoms. The summed E-state index contributed by atoms with van der Waals surface area (Å²) in [4.78, 5) is 16.4. The summed E-state index contributed by atoms with van der Waals surface area (Å²) in [6.07, 6.45) is 1.91. The van der Waals surface area contributed by atoms with Crippen molar-refractivity contribution >= 4 is 23.4 Å². The molecule has 0 saturated heterocycles. The standard InChI is InChI=1S/C23H22N2O2S/c1-6-27-23(26)21-19(20(24-3)22(28-5)25(21)4)17-13-11-16(12-14-17)18-10-8-7-9-15(18)2/h7-14H,6H2,1-2,4-5H3. The van der Waals surface area contributed by atoms with E-state index in [0.717, 1.165) is 16.2 Å². The Hall–Kier alpha value is -2.97. The maximum atomic E-state index is 12.6. The predicted molar refractivity (Wildman–Crippen MR) is 115 cm³/mol. The third-order valence-corrected chi connectivity index (χ3v) is 5.57. The Kier molecular flexibility index (Phi) is 5.91. The number of esters is 1. The zero-order chi connectivity index (χ0) is 20.3. The van der Waals surface area contributed by atoms with E-state index in [2.05, 4.69) is 23.9 Å². The van der Waals surface area contributed by atoms with Crippen LogP contribution in [0.1, 0.15) is 23.0 Å². The van der Waals surface area contributed by atoms with Crippen molar-refractivity contribution in [3.63, 3.8) is 0 Å². The summed E-state index contributed by atoms with van der Waals surface area (Å²) in [6.45, 7) is 11.8. The van der Waals surface area contributed by atoms with Gasteiger partial charge in [-0.05, 0) is 42.4 Å². The molecule has 3 aromatic rings. The topological polar surface area (TPSA) is 35.6 Å². The number of rotatable bonds is 5. The number of hydrogen-bond acceptors (Lipinski definition) is 3. The minimum Gasteiger partial charge on any atom is -0.461 e. The SMILES string of the molecule is [C-]#[N+]c1c(-c2ccc(-c3ccccc3C)cc2)c(C(=O)OCC)n(C)c1SC. The number of nitrogens with zero attached hydrogens (tertiary/aromatic N) is 2. The van der Waals surface area contributed by atoms with Crippen LogP contribution in [0.4, 0.5) is 5.69 Å². The highest BCUT2D eigenvalue weighted by Crippen LogP contribution is 2.43. The largest absolute Gasteiger partial charge is 0.461 e. The molecule has 0 spiro atoms. The lowest BCUT2D eigenvalue weighted by atomic mass is 9.97. The lowest BCUT2D eigenvalue weighted by Crippen LogP contribution is -2.11. The zero-order valence-corrected chi connectivity index (χ0v) is 17.3. The summed E-state index contributed by atoms with van der Waals surface area (Å²) in [5.74, 6) is -0.409. The molecule has 0 unspecified atom stereocenters. The van der Waals surface area contributed by atoms with Gasteiger partial charge in [-0.3, -0.25) is 0 Å².